The summed E-state index contributed by atoms with van der Waals surface area (Å²) in [5.74, 6) is 0.154. The van der Waals surface area contributed by atoms with E-state index < -0.39 is 12.1 Å². The molecule has 1 N–H and O–H groups in total. The van der Waals surface area contributed by atoms with Gasteiger partial charge < -0.3 is 19.5 Å². The molecule has 4 rings (SSSR count). The first-order chi connectivity index (χ1) is 14.1. The highest BCUT2D eigenvalue weighted by atomic mass is 16.5. The van der Waals surface area contributed by atoms with Crippen LogP contribution < -0.4 is 9.64 Å². The van der Waals surface area contributed by atoms with Crippen LogP contribution >= 0.6 is 0 Å². The minimum atomic E-state index is -0.509. The van der Waals surface area contributed by atoms with Gasteiger partial charge in [0.25, 0.3) is 5.91 Å². The van der Waals surface area contributed by atoms with Crippen LogP contribution in [0.25, 0.3) is 0 Å². The summed E-state index contributed by atoms with van der Waals surface area (Å²) in [7, 11) is 0. The summed E-state index contributed by atoms with van der Waals surface area (Å²) in [6, 6.07) is 14.7. The summed E-state index contributed by atoms with van der Waals surface area (Å²) < 4.78 is 11.2. The number of morpholine rings is 1. The van der Waals surface area contributed by atoms with Gasteiger partial charge in [-0.1, -0.05) is 36.4 Å². The predicted molar refractivity (Wildman–Crippen MR) is 107 cm³/mol. The van der Waals surface area contributed by atoms with Crippen molar-refractivity contribution < 1.29 is 24.2 Å². The third-order valence-electron chi connectivity index (χ3n) is 5.34. The maximum atomic E-state index is 13.3. The Morgan fingerprint density at radius 3 is 2.76 bits per heavy atom. The van der Waals surface area contributed by atoms with E-state index in [0.717, 1.165) is 11.1 Å². The predicted octanol–water partition coefficient (Wildman–Crippen LogP) is 1.68. The van der Waals surface area contributed by atoms with Crippen molar-refractivity contribution in [2.75, 3.05) is 37.8 Å². The number of carbonyl (C=O) groups excluding carboxylic acids is 2. The summed E-state index contributed by atoms with van der Waals surface area (Å²) >= 11 is 0. The molecule has 2 aromatic carbocycles. The van der Waals surface area contributed by atoms with Gasteiger partial charge >= 0.3 is 0 Å². The topological polar surface area (TPSA) is 79.3 Å². The van der Waals surface area contributed by atoms with E-state index >= 15 is 0 Å². The van der Waals surface area contributed by atoms with Crippen LogP contribution in [0.1, 0.15) is 17.2 Å². The van der Waals surface area contributed by atoms with Gasteiger partial charge in [0.1, 0.15) is 18.4 Å². The Kier molecular flexibility index (Phi) is 5.51. The number of amides is 2. The molecule has 0 spiro atoms. The number of nitrogens with zero attached hydrogens (tertiary/aromatic N) is 2. The van der Waals surface area contributed by atoms with Crippen LogP contribution in [-0.2, 0) is 14.3 Å². The molecule has 2 aliphatic rings. The number of hydrogen-bond acceptors (Lipinski definition) is 5. The SMILES string of the molecule is Cc1ccc2c(c1)N(CC(=O)N1CCO[C@@H](CO)[C@@H]1c1ccccc1)C(=O)CO2. The maximum absolute atomic E-state index is 13.3. The van der Waals surface area contributed by atoms with E-state index in [1.165, 1.54) is 4.90 Å². The van der Waals surface area contributed by atoms with Gasteiger partial charge in [0, 0.05) is 6.54 Å². The lowest BCUT2D eigenvalue weighted by Crippen LogP contribution is -2.53. The molecule has 152 valence electrons. The van der Waals surface area contributed by atoms with Gasteiger partial charge in [-0.25, -0.2) is 0 Å². The normalized spacial score (nSPS) is 21.5. The second-order valence-corrected chi connectivity index (χ2v) is 7.27. The number of hydrogen-bond donors (Lipinski definition) is 1. The van der Waals surface area contributed by atoms with Gasteiger partial charge in [-0.05, 0) is 30.2 Å². The monoisotopic (exact) mass is 396 g/mol. The number of fused-ring (bicyclic) bond motifs is 1. The summed E-state index contributed by atoms with van der Waals surface area (Å²) in [6.07, 6.45) is -0.509. The molecule has 1 saturated heterocycles. The van der Waals surface area contributed by atoms with Crippen molar-refractivity contribution in [3.05, 3.63) is 59.7 Å². The molecule has 29 heavy (non-hydrogen) atoms. The first-order valence-corrected chi connectivity index (χ1v) is 9.69. The van der Waals surface area contributed by atoms with E-state index in [2.05, 4.69) is 0 Å². The number of benzene rings is 2. The zero-order valence-corrected chi connectivity index (χ0v) is 16.3. The quantitative estimate of drug-likeness (QED) is 0.851. The van der Waals surface area contributed by atoms with E-state index in [9.17, 15) is 14.7 Å². The van der Waals surface area contributed by atoms with Crippen LogP contribution in [0, 0.1) is 6.92 Å². The number of aliphatic hydroxyl groups is 1. The van der Waals surface area contributed by atoms with E-state index in [4.69, 9.17) is 9.47 Å². The van der Waals surface area contributed by atoms with Crippen LogP contribution in [-0.4, -0.2) is 60.8 Å². The standard InChI is InChI=1S/C22H24N2O5/c1-15-7-8-18-17(11-15)24(21(27)14-29-18)12-20(26)23-9-10-28-19(13-25)22(23)16-5-3-2-4-6-16/h2-8,11,19,22,25H,9-10,12-14H2,1H3/t19-,22-/m0/s1. The Labute approximate surface area is 169 Å². The summed E-state index contributed by atoms with van der Waals surface area (Å²) in [4.78, 5) is 29.0. The smallest absolute Gasteiger partial charge is 0.265 e. The van der Waals surface area contributed by atoms with Gasteiger partial charge in [0.05, 0.1) is 24.9 Å². The first-order valence-electron chi connectivity index (χ1n) is 9.69. The second-order valence-electron chi connectivity index (χ2n) is 7.27. The molecule has 7 heteroatoms. The lowest BCUT2D eigenvalue weighted by atomic mass is 9.98. The highest BCUT2D eigenvalue weighted by Crippen LogP contribution is 2.34. The van der Waals surface area contributed by atoms with Crippen molar-refractivity contribution in [1.29, 1.82) is 0 Å². The van der Waals surface area contributed by atoms with Crippen LogP contribution in [0.5, 0.6) is 5.75 Å². The lowest BCUT2D eigenvalue weighted by Gasteiger charge is -2.42. The van der Waals surface area contributed by atoms with Gasteiger partial charge in [-0.3, -0.25) is 14.5 Å². The van der Waals surface area contributed by atoms with E-state index in [1.54, 1.807) is 4.90 Å². The molecule has 0 saturated carbocycles. The first kappa shape index (κ1) is 19.4. The summed E-state index contributed by atoms with van der Waals surface area (Å²) in [5, 5.41) is 9.80. The molecule has 0 aliphatic carbocycles. The molecule has 2 heterocycles. The Balaban J connectivity index is 1.62. The Morgan fingerprint density at radius 2 is 2.00 bits per heavy atom. The molecule has 1 fully saturated rings. The van der Waals surface area contributed by atoms with Gasteiger partial charge in [0.2, 0.25) is 5.91 Å². The van der Waals surface area contributed by atoms with Crippen molar-refractivity contribution >= 4 is 17.5 Å². The lowest BCUT2D eigenvalue weighted by molar-refractivity contribution is -0.149. The fraction of sp³-hybridized carbons (Fsp3) is 0.364. The van der Waals surface area contributed by atoms with Crippen LogP contribution in [0.15, 0.2) is 48.5 Å². The third-order valence-corrected chi connectivity index (χ3v) is 5.34. The van der Waals surface area contributed by atoms with Gasteiger partial charge in [-0.2, -0.15) is 0 Å². The van der Waals surface area contributed by atoms with E-state index in [-0.39, 0.29) is 31.6 Å². The third kappa shape index (κ3) is 3.83. The molecule has 0 radical (unpaired) electrons. The van der Waals surface area contributed by atoms with Crippen molar-refractivity contribution in [2.24, 2.45) is 0 Å². The number of aryl methyl sites for hydroxylation is 1. The van der Waals surface area contributed by atoms with E-state index in [0.29, 0.717) is 24.6 Å². The average molecular weight is 396 g/mol. The summed E-state index contributed by atoms with van der Waals surface area (Å²) in [5.41, 5.74) is 2.48. The number of aliphatic hydroxyl groups excluding tert-OH is 1. The number of ether oxygens (including phenoxy) is 2. The Morgan fingerprint density at radius 1 is 1.21 bits per heavy atom. The van der Waals surface area contributed by atoms with Crippen LogP contribution in [0.3, 0.4) is 0 Å². The zero-order chi connectivity index (χ0) is 20.4. The fourth-order valence-electron chi connectivity index (χ4n) is 3.92. The molecule has 0 bridgehead atoms. The fourth-order valence-corrected chi connectivity index (χ4v) is 3.92. The molecule has 2 aliphatic heterocycles. The molecule has 2 amide bonds. The maximum Gasteiger partial charge on any atom is 0.265 e. The largest absolute Gasteiger partial charge is 0.482 e. The zero-order valence-electron chi connectivity index (χ0n) is 16.3. The van der Waals surface area contributed by atoms with Gasteiger partial charge in [0.15, 0.2) is 6.61 Å². The van der Waals surface area contributed by atoms with Crippen molar-refractivity contribution in [2.45, 2.75) is 19.1 Å². The number of rotatable bonds is 4. The molecule has 0 unspecified atom stereocenters. The molecule has 0 aromatic heterocycles. The Bertz CT molecular complexity index is 901. The molecule has 7 nitrogen and oxygen atoms in total. The van der Waals surface area contributed by atoms with Crippen LogP contribution in [0.4, 0.5) is 5.69 Å². The highest BCUT2D eigenvalue weighted by molar-refractivity contribution is 6.02. The number of anilines is 1. The van der Waals surface area contributed by atoms with Gasteiger partial charge in [-0.15, -0.1) is 0 Å². The molecule has 2 atom stereocenters. The average Bonchev–Trinajstić information content (AvgIpc) is 2.75. The minimum absolute atomic E-state index is 0.0832. The second kappa shape index (κ2) is 8.23. The van der Waals surface area contributed by atoms with E-state index in [1.807, 2.05) is 55.5 Å². The minimum Gasteiger partial charge on any atom is -0.482 e. The Hall–Kier alpha value is -2.90. The van der Waals surface area contributed by atoms with Crippen molar-refractivity contribution in [1.82, 2.24) is 4.90 Å². The highest BCUT2D eigenvalue weighted by Gasteiger charge is 2.38. The van der Waals surface area contributed by atoms with Crippen molar-refractivity contribution in [3.8, 4) is 5.75 Å². The molecular formula is C22H24N2O5. The molecule has 2 aromatic rings. The summed E-state index contributed by atoms with van der Waals surface area (Å²) in [6.45, 7) is 2.30. The van der Waals surface area contributed by atoms with Crippen LogP contribution in [0.2, 0.25) is 0 Å². The molecular weight excluding hydrogens is 372 g/mol. The number of carbonyl (C=O) groups is 2. The van der Waals surface area contributed by atoms with Crippen molar-refractivity contribution in [3.63, 3.8) is 0 Å².